The lowest BCUT2D eigenvalue weighted by atomic mass is 9.67. The zero-order valence-electron chi connectivity index (χ0n) is 7.28. The first-order chi connectivity index (χ1) is 6.12. The van der Waals surface area contributed by atoms with E-state index in [2.05, 4.69) is 15.4 Å². The maximum absolute atomic E-state index is 12.2. The summed E-state index contributed by atoms with van der Waals surface area (Å²) >= 11 is 0. The number of halogens is 3. The fraction of sp³-hybridized carbons (Fsp3) is 0.714. The molecular weight excluding hydrogens is 214 g/mol. The minimum atomic E-state index is -2.27. The Morgan fingerprint density at radius 2 is 2.21 bits per heavy atom. The first kappa shape index (κ1) is 11.3. The lowest BCUT2D eigenvalue weighted by molar-refractivity contribution is -0.0138. The van der Waals surface area contributed by atoms with E-state index in [0.717, 1.165) is 0 Å². The molecule has 0 radical (unpaired) electrons. The van der Waals surface area contributed by atoms with Crippen molar-refractivity contribution in [3.8, 4) is 0 Å². The van der Waals surface area contributed by atoms with E-state index >= 15 is 0 Å². The fourth-order valence-corrected chi connectivity index (χ4v) is 1.71. The predicted molar refractivity (Wildman–Crippen MR) is 48.2 cm³/mol. The van der Waals surface area contributed by atoms with Gasteiger partial charge in [-0.3, -0.25) is 5.10 Å². The second-order valence-corrected chi connectivity index (χ2v) is 3.52. The summed E-state index contributed by atoms with van der Waals surface area (Å²) in [5.41, 5.74) is 5.73. The van der Waals surface area contributed by atoms with Crippen molar-refractivity contribution in [1.82, 2.24) is 15.4 Å². The molecule has 0 unspecified atom stereocenters. The number of aromatic amines is 1. The van der Waals surface area contributed by atoms with Crippen LogP contribution in [0.1, 0.15) is 18.5 Å². The second kappa shape index (κ2) is 3.78. The zero-order valence-corrected chi connectivity index (χ0v) is 8.10. The third-order valence-corrected chi connectivity index (χ3v) is 2.54. The molecule has 4 nitrogen and oxygen atoms in total. The van der Waals surface area contributed by atoms with E-state index in [0.29, 0.717) is 5.69 Å². The number of nitrogens with zero attached hydrogens (tertiary/aromatic N) is 2. The van der Waals surface area contributed by atoms with Gasteiger partial charge in [0.05, 0.1) is 5.54 Å². The predicted octanol–water partition coefficient (Wildman–Crippen LogP) is 1.06. The Morgan fingerprint density at radius 1 is 1.57 bits per heavy atom. The van der Waals surface area contributed by atoms with Gasteiger partial charge in [-0.05, 0) is 12.8 Å². The lowest BCUT2D eigenvalue weighted by Crippen LogP contribution is -2.51. The number of H-pyrrole nitrogens is 1. The number of hydrogen-bond acceptors (Lipinski definition) is 3. The first-order valence-electron chi connectivity index (χ1n) is 4.06. The highest BCUT2D eigenvalue weighted by Gasteiger charge is 2.47. The SMILES string of the molecule is Cl.NC1(c2c[nH]nn2)CC(C(F)F)C1. The molecule has 0 bridgehead atoms. The molecule has 0 saturated heterocycles. The summed E-state index contributed by atoms with van der Waals surface area (Å²) in [6, 6.07) is 0. The molecule has 1 aromatic rings. The number of nitrogens with two attached hydrogens (primary N) is 1. The summed E-state index contributed by atoms with van der Waals surface area (Å²) in [6.45, 7) is 0. The van der Waals surface area contributed by atoms with Gasteiger partial charge >= 0.3 is 0 Å². The maximum Gasteiger partial charge on any atom is 0.241 e. The van der Waals surface area contributed by atoms with Crippen molar-refractivity contribution in [3.63, 3.8) is 0 Å². The molecule has 1 saturated carbocycles. The van der Waals surface area contributed by atoms with E-state index in [1.165, 1.54) is 0 Å². The Bertz CT molecular complexity index is 284. The molecule has 1 fully saturated rings. The smallest absolute Gasteiger partial charge is 0.241 e. The Hall–Kier alpha value is -0.750. The van der Waals surface area contributed by atoms with Gasteiger partial charge in [-0.15, -0.1) is 17.5 Å². The topological polar surface area (TPSA) is 67.6 Å². The molecular formula is C7H11ClF2N4. The van der Waals surface area contributed by atoms with E-state index in [1.54, 1.807) is 6.20 Å². The van der Waals surface area contributed by atoms with Gasteiger partial charge in [0.1, 0.15) is 5.69 Å². The van der Waals surface area contributed by atoms with Gasteiger partial charge in [-0.1, -0.05) is 5.21 Å². The van der Waals surface area contributed by atoms with Crippen LogP contribution in [0, 0.1) is 5.92 Å². The highest BCUT2D eigenvalue weighted by Crippen LogP contribution is 2.45. The maximum atomic E-state index is 12.2. The van der Waals surface area contributed by atoms with Crippen LogP contribution in [-0.4, -0.2) is 21.8 Å². The van der Waals surface area contributed by atoms with Crippen molar-refractivity contribution in [2.24, 2.45) is 11.7 Å². The van der Waals surface area contributed by atoms with Crippen LogP contribution in [0.3, 0.4) is 0 Å². The van der Waals surface area contributed by atoms with Crippen molar-refractivity contribution in [2.75, 3.05) is 0 Å². The van der Waals surface area contributed by atoms with Gasteiger partial charge in [0.15, 0.2) is 0 Å². The van der Waals surface area contributed by atoms with Gasteiger partial charge in [0, 0.05) is 12.1 Å². The van der Waals surface area contributed by atoms with Gasteiger partial charge in [-0.25, -0.2) is 8.78 Å². The number of nitrogens with one attached hydrogen (secondary N) is 1. The lowest BCUT2D eigenvalue weighted by Gasteiger charge is -2.42. The molecule has 0 aliphatic heterocycles. The zero-order chi connectivity index (χ0) is 9.47. The first-order valence-corrected chi connectivity index (χ1v) is 4.06. The highest BCUT2D eigenvalue weighted by atomic mass is 35.5. The van der Waals surface area contributed by atoms with E-state index in [9.17, 15) is 8.78 Å². The van der Waals surface area contributed by atoms with Crippen molar-refractivity contribution < 1.29 is 8.78 Å². The molecule has 0 atom stereocenters. The van der Waals surface area contributed by atoms with Crippen molar-refractivity contribution in [1.29, 1.82) is 0 Å². The molecule has 2 rings (SSSR count). The van der Waals surface area contributed by atoms with Crippen LogP contribution < -0.4 is 5.73 Å². The van der Waals surface area contributed by atoms with Gasteiger partial charge < -0.3 is 5.73 Å². The fourth-order valence-electron chi connectivity index (χ4n) is 1.71. The summed E-state index contributed by atoms with van der Waals surface area (Å²) in [4.78, 5) is 0. The molecule has 0 spiro atoms. The number of hydrogen-bond donors (Lipinski definition) is 2. The number of alkyl halides is 2. The van der Waals surface area contributed by atoms with E-state index in [4.69, 9.17) is 5.73 Å². The van der Waals surface area contributed by atoms with Gasteiger partial charge in [0.2, 0.25) is 6.43 Å². The molecule has 1 heterocycles. The summed E-state index contributed by atoms with van der Waals surface area (Å²) in [5, 5.41) is 9.75. The number of rotatable bonds is 2. The third kappa shape index (κ3) is 1.72. The van der Waals surface area contributed by atoms with Crippen molar-refractivity contribution in [2.45, 2.75) is 24.8 Å². The van der Waals surface area contributed by atoms with Crippen LogP contribution in [0.5, 0.6) is 0 Å². The standard InChI is InChI=1S/C7H10F2N4.ClH/c8-6(9)4-1-7(10,2-4)5-3-11-13-12-5;/h3-4,6H,1-2,10H2,(H,11,12,13);1H. The molecule has 1 aliphatic rings. The van der Waals surface area contributed by atoms with Crippen molar-refractivity contribution >= 4 is 12.4 Å². The molecule has 14 heavy (non-hydrogen) atoms. The molecule has 7 heteroatoms. The Morgan fingerprint density at radius 3 is 2.64 bits per heavy atom. The molecule has 1 aromatic heterocycles. The van der Waals surface area contributed by atoms with Crippen LogP contribution in [0.4, 0.5) is 8.78 Å². The largest absolute Gasteiger partial charge is 0.320 e. The minimum Gasteiger partial charge on any atom is -0.320 e. The summed E-state index contributed by atoms with van der Waals surface area (Å²) in [7, 11) is 0. The highest BCUT2D eigenvalue weighted by molar-refractivity contribution is 5.85. The minimum absolute atomic E-state index is 0. The van der Waals surface area contributed by atoms with Crippen LogP contribution in [0.2, 0.25) is 0 Å². The van der Waals surface area contributed by atoms with E-state index < -0.39 is 17.9 Å². The quantitative estimate of drug-likeness (QED) is 0.789. The summed E-state index contributed by atoms with van der Waals surface area (Å²) in [5.74, 6) is -0.582. The van der Waals surface area contributed by atoms with Crippen molar-refractivity contribution in [3.05, 3.63) is 11.9 Å². The van der Waals surface area contributed by atoms with Crippen LogP contribution in [0.15, 0.2) is 6.20 Å². The van der Waals surface area contributed by atoms with E-state index in [1.807, 2.05) is 0 Å². The molecule has 1 aliphatic carbocycles. The number of aromatic nitrogens is 3. The third-order valence-electron chi connectivity index (χ3n) is 2.54. The molecule has 0 aromatic carbocycles. The van der Waals surface area contributed by atoms with Gasteiger partial charge in [-0.2, -0.15) is 0 Å². The summed E-state index contributed by atoms with van der Waals surface area (Å²) < 4.78 is 24.3. The molecule has 0 amide bonds. The van der Waals surface area contributed by atoms with Crippen LogP contribution >= 0.6 is 12.4 Å². The monoisotopic (exact) mass is 224 g/mol. The summed E-state index contributed by atoms with van der Waals surface area (Å²) in [6.07, 6.45) is -0.139. The molecule has 80 valence electrons. The van der Waals surface area contributed by atoms with E-state index in [-0.39, 0.29) is 25.2 Å². The average Bonchev–Trinajstić information content (AvgIpc) is 2.49. The molecule has 3 N–H and O–H groups in total. The normalized spacial score (nSPS) is 31.0. The Labute approximate surface area is 85.7 Å². The average molecular weight is 225 g/mol. The van der Waals surface area contributed by atoms with Crippen LogP contribution in [-0.2, 0) is 5.54 Å². The van der Waals surface area contributed by atoms with Crippen LogP contribution in [0.25, 0.3) is 0 Å². The Balaban J connectivity index is 0.000000980. The van der Waals surface area contributed by atoms with Gasteiger partial charge in [0.25, 0.3) is 0 Å². The second-order valence-electron chi connectivity index (χ2n) is 3.52. The Kier molecular flexibility index (Phi) is 3.06.